The summed E-state index contributed by atoms with van der Waals surface area (Å²) in [5, 5.41) is 9.39. The molecule has 0 fully saturated rings. The van der Waals surface area contributed by atoms with E-state index in [1.54, 1.807) is 14.2 Å². The summed E-state index contributed by atoms with van der Waals surface area (Å²) in [4.78, 5) is 0. The van der Waals surface area contributed by atoms with Gasteiger partial charge in [-0.3, -0.25) is 0 Å². The molecule has 0 saturated heterocycles. The predicted octanol–water partition coefficient (Wildman–Crippen LogP) is 2.74. The summed E-state index contributed by atoms with van der Waals surface area (Å²) in [6, 6.07) is 3.83. The van der Waals surface area contributed by atoms with Gasteiger partial charge in [0.15, 0.2) is 11.5 Å². The molecule has 0 aliphatic carbocycles. The van der Waals surface area contributed by atoms with Gasteiger partial charge in [0.25, 0.3) is 0 Å². The standard InChI is InChI=1S/C12H17BrO3/c1-12(2,7-14)8-5-6-9(13)11(16-4)10(8)15-3/h5-6,14H,7H2,1-4H3. The Hall–Kier alpha value is -0.740. The van der Waals surface area contributed by atoms with Crippen molar-refractivity contribution >= 4 is 15.9 Å². The Bertz CT molecular complexity index is 375. The van der Waals surface area contributed by atoms with Crippen LogP contribution >= 0.6 is 15.9 Å². The van der Waals surface area contributed by atoms with E-state index in [1.165, 1.54) is 0 Å². The maximum Gasteiger partial charge on any atom is 0.175 e. The van der Waals surface area contributed by atoms with Crippen molar-refractivity contribution in [2.24, 2.45) is 0 Å². The third-order valence-corrected chi connectivity index (χ3v) is 3.22. The fraction of sp³-hybridized carbons (Fsp3) is 0.500. The SMILES string of the molecule is COc1c(Br)ccc(C(C)(C)CO)c1OC. The topological polar surface area (TPSA) is 38.7 Å². The zero-order chi connectivity index (χ0) is 12.3. The summed E-state index contributed by atoms with van der Waals surface area (Å²) in [5.74, 6) is 1.32. The number of benzene rings is 1. The van der Waals surface area contributed by atoms with Gasteiger partial charge in [-0.05, 0) is 22.0 Å². The van der Waals surface area contributed by atoms with Crippen LogP contribution in [0.3, 0.4) is 0 Å². The lowest BCUT2D eigenvalue weighted by Gasteiger charge is -2.26. The summed E-state index contributed by atoms with van der Waals surface area (Å²) in [6.45, 7) is 3.96. The molecule has 0 aromatic heterocycles. The second kappa shape index (κ2) is 5.06. The number of aliphatic hydroxyl groups is 1. The molecule has 1 aromatic carbocycles. The lowest BCUT2D eigenvalue weighted by atomic mass is 9.85. The Morgan fingerprint density at radius 1 is 1.19 bits per heavy atom. The van der Waals surface area contributed by atoms with Gasteiger partial charge in [-0.15, -0.1) is 0 Å². The molecule has 1 rings (SSSR count). The Balaban J connectivity index is 3.41. The zero-order valence-corrected chi connectivity index (χ0v) is 11.6. The van der Waals surface area contributed by atoms with E-state index >= 15 is 0 Å². The number of hydrogen-bond donors (Lipinski definition) is 1. The van der Waals surface area contributed by atoms with Gasteiger partial charge in [0.05, 0.1) is 25.3 Å². The van der Waals surface area contributed by atoms with Crippen molar-refractivity contribution < 1.29 is 14.6 Å². The molecule has 16 heavy (non-hydrogen) atoms. The second-order valence-electron chi connectivity index (χ2n) is 4.20. The number of rotatable bonds is 4. The van der Waals surface area contributed by atoms with Gasteiger partial charge < -0.3 is 14.6 Å². The number of methoxy groups -OCH3 is 2. The van der Waals surface area contributed by atoms with E-state index in [1.807, 2.05) is 26.0 Å². The number of halogens is 1. The van der Waals surface area contributed by atoms with Crippen molar-refractivity contribution in [2.75, 3.05) is 20.8 Å². The Kier molecular flexibility index (Phi) is 4.21. The number of hydrogen-bond acceptors (Lipinski definition) is 3. The van der Waals surface area contributed by atoms with E-state index in [-0.39, 0.29) is 12.0 Å². The molecule has 0 radical (unpaired) electrons. The molecule has 0 bridgehead atoms. The molecule has 0 unspecified atom stereocenters. The van der Waals surface area contributed by atoms with Crippen LogP contribution in [-0.4, -0.2) is 25.9 Å². The molecule has 0 spiro atoms. The van der Waals surface area contributed by atoms with E-state index < -0.39 is 0 Å². The Morgan fingerprint density at radius 2 is 1.75 bits per heavy atom. The molecular weight excluding hydrogens is 272 g/mol. The van der Waals surface area contributed by atoms with E-state index in [4.69, 9.17) is 9.47 Å². The van der Waals surface area contributed by atoms with Gasteiger partial charge in [-0.1, -0.05) is 19.9 Å². The number of ether oxygens (including phenoxy) is 2. The van der Waals surface area contributed by atoms with Crippen molar-refractivity contribution in [3.63, 3.8) is 0 Å². The minimum absolute atomic E-state index is 0.0497. The lowest BCUT2D eigenvalue weighted by Crippen LogP contribution is -2.23. The third-order valence-electron chi connectivity index (χ3n) is 2.60. The van der Waals surface area contributed by atoms with Crippen LogP contribution in [-0.2, 0) is 5.41 Å². The normalized spacial score (nSPS) is 11.4. The van der Waals surface area contributed by atoms with Gasteiger partial charge in [0, 0.05) is 11.0 Å². The first-order valence-corrected chi connectivity index (χ1v) is 5.79. The lowest BCUT2D eigenvalue weighted by molar-refractivity contribution is 0.213. The van der Waals surface area contributed by atoms with Crippen LogP contribution in [0.25, 0.3) is 0 Å². The van der Waals surface area contributed by atoms with Crippen LogP contribution in [0.5, 0.6) is 11.5 Å². The fourth-order valence-corrected chi connectivity index (χ4v) is 2.02. The highest BCUT2D eigenvalue weighted by molar-refractivity contribution is 9.10. The van der Waals surface area contributed by atoms with Gasteiger partial charge in [-0.2, -0.15) is 0 Å². The van der Waals surface area contributed by atoms with Crippen LogP contribution in [0.2, 0.25) is 0 Å². The van der Waals surface area contributed by atoms with Crippen LogP contribution in [0.4, 0.5) is 0 Å². The highest BCUT2D eigenvalue weighted by Gasteiger charge is 2.26. The van der Waals surface area contributed by atoms with E-state index in [0.717, 1.165) is 10.0 Å². The molecule has 3 nitrogen and oxygen atoms in total. The summed E-state index contributed by atoms with van der Waals surface area (Å²) in [5.41, 5.74) is 0.567. The highest BCUT2D eigenvalue weighted by Crippen LogP contribution is 2.42. The maximum atomic E-state index is 9.39. The van der Waals surface area contributed by atoms with Gasteiger partial charge in [-0.25, -0.2) is 0 Å². The Labute approximate surface area is 105 Å². The van der Waals surface area contributed by atoms with Crippen LogP contribution in [0.1, 0.15) is 19.4 Å². The third kappa shape index (κ3) is 2.33. The van der Waals surface area contributed by atoms with Crippen LogP contribution in [0.15, 0.2) is 16.6 Å². The summed E-state index contributed by atoms with van der Waals surface area (Å²) >= 11 is 3.40. The average molecular weight is 289 g/mol. The van der Waals surface area contributed by atoms with Crippen LogP contribution in [0, 0.1) is 0 Å². The van der Waals surface area contributed by atoms with Crippen molar-refractivity contribution in [2.45, 2.75) is 19.3 Å². The smallest absolute Gasteiger partial charge is 0.175 e. The highest BCUT2D eigenvalue weighted by atomic mass is 79.9. The molecule has 0 heterocycles. The monoisotopic (exact) mass is 288 g/mol. The number of aliphatic hydroxyl groups excluding tert-OH is 1. The molecule has 1 aromatic rings. The van der Waals surface area contributed by atoms with Crippen molar-refractivity contribution in [3.05, 3.63) is 22.2 Å². The first kappa shape index (κ1) is 13.3. The van der Waals surface area contributed by atoms with Crippen molar-refractivity contribution in [1.82, 2.24) is 0 Å². The molecule has 0 aliphatic heterocycles. The minimum atomic E-state index is -0.362. The van der Waals surface area contributed by atoms with E-state index in [9.17, 15) is 5.11 Å². The van der Waals surface area contributed by atoms with Crippen molar-refractivity contribution in [3.8, 4) is 11.5 Å². The van der Waals surface area contributed by atoms with Crippen LogP contribution < -0.4 is 9.47 Å². The van der Waals surface area contributed by atoms with Gasteiger partial charge in [0.2, 0.25) is 0 Å². The molecule has 1 N–H and O–H groups in total. The maximum absolute atomic E-state index is 9.39. The van der Waals surface area contributed by atoms with Crippen molar-refractivity contribution in [1.29, 1.82) is 0 Å². The largest absolute Gasteiger partial charge is 0.493 e. The molecular formula is C12H17BrO3. The summed E-state index contributed by atoms with van der Waals surface area (Å²) in [7, 11) is 3.19. The van der Waals surface area contributed by atoms with E-state index in [0.29, 0.717) is 11.5 Å². The summed E-state index contributed by atoms with van der Waals surface area (Å²) in [6.07, 6.45) is 0. The summed E-state index contributed by atoms with van der Waals surface area (Å²) < 4.78 is 11.5. The average Bonchev–Trinajstić information content (AvgIpc) is 2.28. The predicted molar refractivity (Wildman–Crippen MR) is 67.4 cm³/mol. The van der Waals surface area contributed by atoms with Gasteiger partial charge >= 0.3 is 0 Å². The fourth-order valence-electron chi connectivity index (χ4n) is 1.55. The molecule has 4 heteroatoms. The Morgan fingerprint density at radius 3 is 2.19 bits per heavy atom. The van der Waals surface area contributed by atoms with E-state index in [2.05, 4.69) is 15.9 Å². The zero-order valence-electron chi connectivity index (χ0n) is 10.0. The molecule has 90 valence electrons. The molecule has 0 atom stereocenters. The quantitative estimate of drug-likeness (QED) is 0.926. The minimum Gasteiger partial charge on any atom is -0.493 e. The van der Waals surface area contributed by atoms with Gasteiger partial charge in [0.1, 0.15) is 0 Å². The first-order chi connectivity index (χ1) is 7.47. The molecule has 0 saturated carbocycles. The second-order valence-corrected chi connectivity index (χ2v) is 5.06. The molecule has 0 aliphatic rings. The molecule has 0 amide bonds. The first-order valence-electron chi connectivity index (χ1n) is 4.99.